The first-order chi connectivity index (χ1) is 18.0. The fraction of sp³-hybridized carbons (Fsp3) is 0.321. The Morgan fingerprint density at radius 2 is 1.53 bits per heavy atom. The molecule has 3 aromatic carbocycles. The minimum Gasteiger partial charge on any atom is -0.480 e. The van der Waals surface area contributed by atoms with Gasteiger partial charge in [0.1, 0.15) is 17.7 Å². The van der Waals surface area contributed by atoms with Crippen molar-refractivity contribution in [2.45, 2.75) is 51.0 Å². The molecule has 0 aliphatic carbocycles. The van der Waals surface area contributed by atoms with E-state index in [1.54, 1.807) is 38.1 Å². The number of carboxylic acids is 1. The summed E-state index contributed by atoms with van der Waals surface area (Å²) in [5.74, 6) is -5.11. The van der Waals surface area contributed by atoms with E-state index in [4.69, 9.17) is 0 Å². The highest BCUT2D eigenvalue weighted by Gasteiger charge is 2.30. The summed E-state index contributed by atoms with van der Waals surface area (Å²) in [4.78, 5) is 37.0. The van der Waals surface area contributed by atoms with Crippen LogP contribution in [0.4, 0.5) is 8.78 Å². The molecule has 3 rings (SSSR count). The SMILES string of the molecule is CC(C)[C@H](NC(=O)C[C@H](O)[C@H](Cc1cc(F)cc(F)c1)NC(=O)C(O)c1cccc2ccccc12)C(=O)O. The lowest BCUT2D eigenvalue weighted by Crippen LogP contribution is -2.50. The van der Waals surface area contributed by atoms with E-state index >= 15 is 0 Å². The van der Waals surface area contributed by atoms with Crippen LogP contribution in [0.25, 0.3) is 10.8 Å². The van der Waals surface area contributed by atoms with E-state index in [-0.39, 0.29) is 12.0 Å². The van der Waals surface area contributed by atoms with Crippen LogP contribution in [0.3, 0.4) is 0 Å². The molecule has 2 amide bonds. The van der Waals surface area contributed by atoms with Crippen molar-refractivity contribution < 1.29 is 38.5 Å². The topological polar surface area (TPSA) is 136 Å². The molecule has 0 heterocycles. The molecule has 5 N–H and O–H groups in total. The first-order valence-electron chi connectivity index (χ1n) is 12.1. The van der Waals surface area contributed by atoms with Crippen LogP contribution in [0.2, 0.25) is 0 Å². The van der Waals surface area contributed by atoms with Crippen LogP contribution in [0, 0.1) is 17.6 Å². The zero-order chi connectivity index (χ0) is 28.0. The Labute approximate surface area is 218 Å². The molecular weight excluding hydrogens is 498 g/mol. The van der Waals surface area contributed by atoms with Gasteiger partial charge in [0.15, 0.2) is 6.10 Å². The van der Waals surface area contributed by atoms with Gasteiger partial charge in [0, 0.05) is 6.07 Å². The molecule has 10 heteroatoms. The quantitative estimate of drug-likeness (QED) is 0.260. The van der Waals surface area contributed by atoms with Crippen molar-refractivity contribution in [2.75, 3.05) is 0 Å². The number of carbonyl (C=O) groups excluding carboxylic acids is 2. The van der Waals surface area contributed by atoms with Crippen molar-refractivity contribution >= 4 is 28.6 Å². The molecule has 0 saturated heterocycles. The molecule has 0 bridgehead atoms. The van der Waals surface area contributed by atoms with E-state index < -0.39 is 66.0 Å². The predicted molar refractivity (Wildman–Crippen MR) is 136 cm³/mol. The largest absolute Gasteiger partial charge is 0.480 e. The summed E-state index contributed by atoms with van der Waals surface area (Å²) >= 11 is 0. The molecule has 0 aromatic heterocycles. The molecule has 0 radical (unpaired) electrons. The monoisotopic (exact) mass is 528 g/mol. The van der Waals surface area contributed by atoms with Crippen LogP contribution in [-0.4, -0.2) is 51.3 Å². The Kier molecular flexibility index (Phi) is 9.49. The van der Waals surface area contributed by atoms with Gasteiger partial charge in [-0.1, -0.05) is 56.3 Å². The Morgan fingerprint density at radius 3 is 2.16 bits per heavy atom. The first kappa shape index (κ1) is 28.7. The molecule has 0 aliphatic rings. The molecule has 4 atom stereocenters. The minimum absolute atomic E-state index is 0.0949. The molecule has 0 saturated carbocycles. The molecule has 0 fully saturated rings. The van der Waals surface area contributed by atoms with Gasteiger partial charge in [-0.05, 0) is 46.4 Å². The van der Waals surface area contributed by atoms with Crippen molar-refractivity contribution in [1.29, 1.82) is 0 Å². The Bertz CT molecular complexity index is 1290. The summed E-state index contributed by atoms with van der Waals surface area (Å²) in [6, 6.07) is 12.4. The number of aliphatic hydroxyl groups is 2. The molecule has 38 heavy (non-hydrogen) atoms. The second-order valence-corrected chi connectivity index (χ2v) is 9.47. The second kappa shape index (κ2) is 12.6. The fourth-order valence-corrected chi connectivity index (χ4v) is 4.24. The summed E-state index contributed by atoms with van der Waals surface area (Å²) in [6.07, 6.45) is -4.11. The zero-order valence-corrected chi connectivity index (χ0v) is 20.9. The van der Waals surface area contributed by atoms with Crippen LogP contribution in [-0.2, 0) is 20.8 Å². The number of benzene rings is 3. The third kappa shape index (κ3) is 7.33. The van der Waals surface area contributed by atoms with E-state index in [2.05, 4.69) is 10.6 Å². The van der Waals surface area contributed by atoms with Crippen molar-refractivity contribution in [1.82, 2.24) is 10.6 Å². The minimum atomic E-state index is -1.65. The maximum Gasteiger partial charge on any atom is 0.326 e. The van der Waals surface area contributed by atoms with Gasteiger partial charge in [-0.25, -0.2) is 13.6 Å². The van der Waals surface area contributed by atoms with Gasteiger partial charge >= 0.3 is 5.97 Å². The number of carboxylic acid groups (broad SMARTS) is 1. The summed E-state index contributed by atoms with van der Waals surface area (Å²) in [5, 5.41) is 37.2. The maximum absolute atomic E-state index is 13.8. The fourth-order valence-electron chi connectivity index (χ4n) is 4.24. The maximum atomic E-state index is 13.8. The van der Waals surface area contributed by atoms with Gasteiger partial charge in [0.2, 0.25) is 5.91 Å². The number of halogens is 2. The molecule has 202 valence electrons. The molecule has 8 nitrogen and oxygen atoms in total. The standard InChI is InChI=1S/C28H30F2N2O6/c1-15(2)25(28(37)38)32-24(34)14-23(33)22(12-16-10-18(29)13-19(30)11-16)31-27(36)26(35)21-9-5-7-17-6-3-4-8-20(17)21/h3-11,13,15,22-23,25-26,33,35H,12,14H2,1-2H3,(H,31,36)(H,32,34)(H,37,38)/t22-,23-,25-,26?/m0/s1. The Balaban J connectivity index is 1.83. The lowest BCUT2D eigenvalue weighted by atomic mass is 9.96. The second-order valence-electron chi connectivity index (χ2n) is 9.47. The Hall–Kier alpha value is -3.89. The summed E-state index contributed by atoms with van der Waals surface area (Å²) in [7, 11) is 0. The normalized spacial score (nSPS) is 14.5. The highest BCUT2D eigenvalue weighted by Crippen LogP contribution is 2.25. The predicted octanol–water partition coefficient (Wildman–Crippen LogP) is 2.86. The number of aliphatic hydroxyl groups excluding tert-OH is 2. The van der Waals surface area contributed by atoms with Crippen LogP contribution in [0.1, 0.15) is 37.5 Å². The number of hydrogen-bond donors (Lipinski definition) is 5. The molecule has 1 unspecified atom stereocenters. The average molecular weight is 529 g/mol. The summed E-state index contributed by atoms with van der Waals surface area (Å²) < 4.78 is 27.6. The van der Waals surface area contributed by atoms with Crippen LogP contribution >= 0.6 is 0 Å². The van der Waals surface area contributed by atoms with Crippen LogP contribution in [0.15, 0.2) is 60.7 Å². The average Bonchev–Trinajstić information content (AvgIpc) is 2.85. The lowest BCUT2D eigenvalue weighted by Gasteiger charge is -2.26. The number of fused-ring (bicyclic) bond motifs is 1. The van der Waals surface area contributed by atoms with Crippen molar-refractivity contribution in [3.05, 3.63) is 83.4 Å². The van der Waals surface area contributed by atoms with Crippen molar-refractivity contribution in [3.8, 4) is 0 Å². The van der Waals surface area contributed by atoms with Gasteiger partial charge in [-0.3, -0.25) is 9.59 Å². The number of nitrogens with one attached hydrogen (secondary N) is 2. The molecule has 0 aliphatic heterocycles. The van der Waals surface area contributed by atoms with Gasteiger partial charge in [0.05, 0.1) is 18.6 Å². The lowest BCUT2D eigenvalue weighted by molar-refractivity contribution is -0.143. The summed E-state index contributed by atoms with van der Waals surface area (Å²) in [6.45, 7) is 3.21. The van der Waals surface area contributed by atoms with Crippen molar-refractivity contribution in [2.24, 2.45) is 5.92 Å². The van der Waals surface area contributed by atoms with Crippen molar-refractivity contribution in [3.63, 3.8) is 0 Å². The molecular formula is C28H30F2N2O6. The van der Waals surface area contributed by atoms with Gasteiger partial charge in [-0.2, -0.15) is 0 Å². The van der Waals surface area contributed by atoms with Gasteiger partial charge < -0.3 is 26.0 Å². The number of carbonyl (C=O) groups is 3. The first-order valence-corrected chi connectivity index (χ1v) is 12.1. The smallest absolute Gasteiger partial charge is 0.326 e. The van der Waals surface area contributed by atoms with E-state index in [1.807, 2.05) is 18.2 Å². The van der Waals surface area contributed by atoms with E-state index in [9.17, 15) is 38.5 Å². The van der Waals surface area contributed by atoms with Crippen LogP contribution in [0.5, 0.6) is 0 Å². The number of hydrogen-bond acceptors (Lipinski definition) is 5. The number of aliphatic carboxylic acids is 1. The summed E-state index contributed by atoms with van der Waals surface area (Å²) in [5.41, 5.74) is 0.405. The van der Waals surface area contributed by atoms with Gasteiger partial charge in [-0.15, -0.1) is 0 Å². The Morgan fingerprint density at radius 1 is 0.895 bits per heavy atom. The highest BCUT2D eigenvalue weighted by atomic mass is 19.1. The van der Waals surface area contributed by atoms with Crippen LogP contribution < -0.4 is 10.6 Å². The van der Waals surface area contributed by atoms with Gasteiger partial charge in [0.25, 0.3) is 5.91 Å². The van der Waals surface area contributed by atoms with E-state index in [1.165, 1.54) is 0 Å². The molecule has 3 aromatic rings. The molecule has 0 spiro atoms. The number of rotatable bonds is 11. The van der Waals surface area contributed by atoms with E-state index in [0.717, 1.165) is 17.5 Å². The highest BCUT2D eigenvalue weighted by molar-refractivity contribution is 5.92. The zero-order valence-electron chi connectivity index (χ0n) is 20.9. The number of amides is 2. The van der Waals surface area contributed by atoms with E-state index in [0.29, 0.717) is 17.0 Å². The third-order valence-corrected chi connectivity index (χ3v) is 6.18. The third-order valence-electron chi connectivity index (χ3n) is 6.18.